The number of aryl methyl sites for hydroxylation is 1. The van der Waals surface area contributed by atoms with E-state index in [0.29, 0.717) is 5.69 Å². The third kappa shape index (κ3) is 1.12. The summed E-state index contributed by atoms with van der Waals surface area (Å²) >= 11 is 0. The summed E-state index contributed by atoms with van der Waals surface area (Å²) in [6, 6.07) is 0. The molecule has 0 aliphatic rings. The van der Waals surface area contributed by atoms with Crippen LogP contribution in [0, 0.1) is 0 Å². The molecule has 0 bridgehead atoms. The maximum atomic E-state index is 10.8. The molecule has 0 atom stereocenters. The highest BCUT2D eigenvalue weighted by molar-refractivity contribution is 5.91. The summed E-state index contributed by atoms with van der Waals surface area (Å²) in [4.78, 5) is 10.8. The second kappa shape index (κ2) is 2.47. The minimum absolute atomic E-state index is 0.215. The quantitative estimate of drug-likeness (QED) is 0.554. The van der Waals surface area contributed by atoms with Crippen molar-refractivity contribution in [3.05, 3.63) is 11.9 Å². The summed E-state index contributed by atoms with van der Waals surface area (Å²) in [5.41, 5.74) is 0.338. The molecule has 54 valence electrons. The van der Waals surface area contributed by atoms with E-state index in [1.165, 1.54) is 4.68 Å². The molecule has 0 aliphatic heterocycles. The van der Waals surface area contributed by atoms with E-state index in [0.717, 1.165) is 0 Å². The van der Waals surface area contributed by atoms with Crippen LogP contribution in [-0.4, -0.2) is 27.9 Å². The van der Waals surface area contributed by atoms with E-state index in [-0.39, 0.29) is 5.91 Å². The molecule has 0 saturated heterocycles. The van der Waals surface area contributed by atoms with E-state index in [1.807, 2.05) is 0 Å². The molecule has 0 aromatic carbocycles. The number of amides is 1. The summed E-state index contributed by atoms with van der Waals surface area (Å²) in [7, 11) is 3.26. The van der Waals surface area contributed by atoms with Gasteiger partial charge >= 0.3 is 0 Å². The predicted octanol–water partition coefficient (Wildman–Crippen LogP) is -0.825. The zero-order valence-corrected chi connectivity index (χ0v) is 5.83. The Morgan fingerprint density at radius 3 is 2.90 bits per heavy atom. The lowest BCUT2D eigenvalue weighted by atomic mass is 10.4. The highest BCUT2D eigenvalue weighted by Gasteiger charge is 2.05. The Bertz CT molecular complexity index is 242. The molecule has 0 unspecified atom stereocenters. The van der Waals surface area contributed by atoms with Gasteiger partial charge in [0.05, 0.1) is 6.20 Å². The van der Waals surface area contributed by atoms with E-state index < -0.39 is 0 Å². The number of aromatic nitrogens is 3. The zero-order chi connectivity index (χ0) is 7.56. The van der Waals surface area contributed by atoms with Crippen LogP contribution in [0.25, 0.3) is 0 Å². The van der Waals surface area contributed by atoms with E-state index in [4.69, 9.17) is 0 Å². The van der Waals surface area contributed by atoms with Crippen LogP contribution in [0.5, 0.6) is 0 Å². The molecule has 0 radical (unpaired) electrons. The molecular weight excluding hydrogens is 132 g/mol. The summed E-state index contributed by atoms with van der Waals surface area (Å²) in [5, 5.41) is 9.62. The molecule has 10 heavy (non-hydrogen) atoms. The van der Waals surface area contributed by atoms with Gasteiger partial charge in [-0.3, -0.25) is 9.48 Å². The van der Waals surface area contributed by atoms with Gasteiger partial charge in [0, 0.05) is 14.1 Å². The molecule has 1 aromatic heterocycles. The van der Waals surface area contributed by atoms with Crippen LogP contribution >= 0.6 is 0 Å². The Morgan fingerprint density at radius 1 is 1.80 bits per heavy atom. The third-order valence-electron chi connectivity index (χ3n) is 1.06. The molecule has 0 saturated carbocycles. The number of hydrogen-bond acceptors (Lipinski definition) is 3. The van der Waals surface area contributed by atoms with E-state index in [1.54, 1.807) is 20.3 Å². The Kier molecular flexibility index (Phi) is 1.66. The van der Waals surface area contributed by atoms with Gasteiger partial charge < -0.3 is 5.32 Å². The largest absolute Gasteiger partial charge is 0.354 e. The van der Waals surface area contributed by atoms with Crippen molar-refractivity contribution in [3.63, 3.8) is 0 Å². The van der Waals surface area contributed by atoms with Crippen LogP contribution in [0.15, 0.2) is 6.20 Å². The maximum Gasteiger partial charge on any atom is 0.273 e. The lowest BCUT2D eigenvalue weighted by Crippen LogP contribution is -2.18. The van der Waals surface area contributed by atoms with Gasteiger partial charge in [0.15, 0.2) is 5.69 Å². The van der Waals surface area contributed by atoms with Crippen LogP contribution in [0.2, 0.25) is 0 Å². The number of hydrogen-bond donors (Lipinski definition) is 1. The van der Waals surface area contributed by atoms with Crippen molar-refractivity contribution in [2.45, 2.75) is 0 Å². The fourth-order valence-corrected chi connectivity index (χ4v) is 0.579. The first-order valence-corrected chi connectivity index (χ1v) is 2.82. The second-order valence-corrected chi connectivity index (χ2v) is 1.86. The molecule has 1 aromatic rings. The standard InChI is InChI=1S/C5H8N4O/c1-6-5(10)4-3-9(2)8-7-4/h3H,1-2H3,(H,6,10). The van der Waals surface area contributed by atoms with Gasteiger partial charge in [0.25, 0.3) is 5.91 Å². The zero-order valence-electron chi connectivity index (χ0n) is 5.83. The average molecular weight is 140 g/mol. The molecule has 1 heterocycles. The third-order valence-corrected chi connectivity index (χ3v) is 1.06. The van der Waals surface area contributed by atoms with Crippen LogP contribution in [0.1, 0.15) is 10.5 Å². The first-order valence-electron chi connectivity index (χ1n) is 2.82. The highest BCUT2D eigenvalue weighted by atomic mass is 16.1. The fourth-order valence-electron chi connectivity index (χ4n) is 0.579. The normalized spacial score (nSPS) is 9.40. The maximum absolute atomic E-state index is 10.8. The molecule has 1 N–H and O–H groups in total. The molecule has 1 amide bonds. The van der Waals surface area contributed by atoms with Gasteiger partial charge in [-0.15, -0.1) is 5.10 Å². The molecule has 0 spiro atoms. The number of carbonyl (C=O) groups is 1. The van der Waals surface area contributed by atoms with E-state index in [9.17, 15) is 4.79 Å². The van der Waals surface area contributed by atoms with Gasteiger partial charge in [-0.2, -0.15) is 0 Å². The number of carbonyl (C=O) groups excluding carboxylic acids is 1. The monoisotopic (exact) mass is 140 g/mol. The molecule has 5 nitrogen and oxygen atoms in total. The minimum atomic E-state index is -0.215. The van der Waals surface area contributed by atoms with Crippen molar-refractivity contribution in [3.8, 4) is 0 Å². The fraction of sp³-hybridized carbons (Fsp3) is 0.400. The Labute approximate surface area is 58.0 Å². The number of nitrogens with one attached hydrogen (secondary N) is 1. The van der Waals surface area contributed by atoms with Crippen molar-refractivity contribution in [1.82, 2.24) is 20.3 Å². The lowest BCUT2D eigenvalue weighted by molar-refractivity contribution is 0.0958. The Hall–Kier alpha value is -1.39. The van der Waals surface area contributed by atoms with E-state index in [2.05, 4.69) is 15.6 Å². The Morgan fingerprint density at radius 2 is 2.50 bits per heavy atom. The first kappa shape index (κ1) is 6.73. The minimum Gasteiger partial charge on any atom is -0.354 e. The number of rotatable bonds is 1. The van der Waals surface area contributed by atoms with Crippen molar-refractivity contribution in [2.24, 2.45) is 7.05 Å². The van der Waals surface area contributed by atoms with Gasteiger partial charge in [-0.1, -0.05) is 5.21 Å². The molecule has 5 heteroatoms. The average Bonchev–Trinajstić information content (AvgIpc) is 2.34. The van der Waals surface area contributed by atoms with Crippen LogP contribution < -0.4 is 5.32 Å². The van der Waals surface area contributed by atoms with Crippen LogP contribution in [-0.2, 0) is 7.05 Å². The SMILES string of the molecule is CNC(=O)c1cn(C)nn1. The highest BCUT2D eigenvalue weighted by Crippen LogP contribution is 1.88. The topological polar surface area (TPSA) is 59.8 Å². The Balaban J connectivity index is 2.85. The summed E-state index contributed by atoms with van der Waals surface area (Å²) in [6.45, 7) is 0. The summed E-state index contributed by atoms with van der Waals surface area (Å²) in [6.07, 6.45) is 1.55. The lowest BCUT2D eigenvalue weighted by Gasteiger charge is -1.88. The van der Waals surface area contributed by atoms with Gasteiger partial charge in [-0.05, 0) is 0 Å². The first-order chi connectivity index (χ1) is 4.74. The van der Waals surface area contributed by atoms with E-state index >= 15 is 0 Å². The van der Waals surface area contributed by atoms with Gasteiger partial charge in [0.1, 0.15) is 0 Å². The van der Waals surface area contributed by atoms with Crippen molar-refractivity contribution in [2.75, 3.05) is 7.05 Å². The molecular formula is C5H8N4O. The van der Waals surface area contributed by atoms with Crippen molar-refractivity contribution in [1.29, 1.82) is 0 Å². The predicted molar refractivity (Wildman–Crippen MR) is 34.4 cm³/mol. The van der Waals surface area contributed by atoms with Crippen molar-refractivity contribution >= 4 is 5.91 Å². The summed E-state index contributed by atoms with van der Waals surface area (Å²) < 4.78 is 1.48. The molecule has 0 fully saturated rings. The van der Waals surface area contributed by atoms with Crippen LogP contribution in [0.4, 0.5) is 0 Å². The second-order valence-electron chi connectivity index (χ2n) is 1.86. The molecule has 1 rings (SSSR count). The van der Waals surface area contributed by atoms with Crippen molar-refractivity contribution < 1.29 is 4.79 Å². The molecule has 0 aliphatic carbocycles. The van der Waals surface area contributed by atoms with Crippen LogP contribution in [0.3, 0.4) is 0 Å². The smallest absolute Gasteiger partial charge is 0.273 e. The van der Waals surface area contributed by atoms with Gasteiger partial charge in [0.2, 0.25) is 0 Å². The summed E-state index contributed by atoms with van der Waals surface area (Å²) in [5.74, 6) is -0.215. The van der Waals surface area contributed by atoms with Gasteiger partial charge in [-0.25, -0.2) is 0 Å². The number of nitrogens with zero attached hydrogens (tertiary/aromatic N) is 3.